The molecule has 3 rings (SSSR count). The number of carbonyl (C=O) groups excluding carboxylic acids is 1. The summed E-state index contributed by atoms with van der Waals surface area (Å²) in [4.78, 5) is 20.0. The number of rotatable bonds is 0. The highest BCUT2D eigenvalue weighted by molar-refractivity contribution is 5.85. The Hall–Kier alpha value is -1.77. The van der Waals surface area contributed by atoms with Crippen molar-refractivity contribution in [3.63, 3.8) is 0 Å². The predicted molar refractivity (Wildman–Crippen MR) is 56.6 cm³/mol. The average molecular weight is 198 g/mol. The number of nitrogens with zero attached hydrogens (tertiary/aromatic N) is 2. The van der Waals surface area contributed by atoms with Gasteiger partial charge in [0.1, 0.15) is 5.78 Å². The lowest BCUT2D eigenvalue weighted by Crippen LogP contribution is -2.14. The van der Waals surface area contributed by atoms with Crippen LogP contribution < -0.4 is 0 Å². The monoisotopic (exact) mass is 198 g/mol. The largest absolute Gasteiger partial charge is 0.299 e. The van der Waals surface area contributed by atoms with Crippen molar-refractivity contribution in [3.8, 4) is 0 Å². The van der Waals surface area contributed by atoms with E-state index in [0.717, 1.165) is 28.7 Å². The molecule has 0 saturated carbocycles. The summed E-state index contributed by atoms with van der Waals surface area (Å²) >= 11 is 0. The Balaban J connectivity index is 2.24. The Bertz CT molecular complexity index is 548. The average Bonchev–Trinajstić information content (AvgIpc) is 2.26. The van der Waals surface area contributed by atoms with Gasteiger partial charge in [0, 0.05) is 30.1 Å². The molecule has 0 fully saturated rings. The van der Waals surface area contributed by atoms with E-state index in [4.69, 9.17) is 0 Å². The quantitative estimate of drug-likeness (QED) is 0.647. The van der Waals surface area contributed by atoms with Gasteiger partial charge in [0.05, 0.1) is 0 Å². The van der Waals surface area contributed by atoms with Gasteiger partial charge >= 0.3 is 0 Å². The summed E-state index contributed by atoms with van der Waals surface area (Å²) < 4.78 is 0. The zero-order chi connectivity index (χ0) is 10.3. The molecule has 0 aromatic carbocycles. The topological polar surface area (TPSA) is 42.9 Å². The standard InChI is InChI=1S/C12H10N2O/c15-10-3-4-11-9(7-10)6-8-2-1-5-13-12(8)14-11/h1-2,5-6H,3-4,7H2. The van der Waals surface area contributed by atoms with Crippen molar-refractivity contribution in [1.29, 1.82) is 0 Å². The van der Waals surface area contributed by atoms with E-state index in [9.17, 15) is 4.79 Å². The van der Waals surface area contributed by atoms with Gasteiger partial charge in [-0.05, 0) is 30.2 Å². The van der Waals surface area contributed by atoms with Crippen molar-refractivity contribution in [2.75, 3.05) is 0 Å². The molecule has 1 aliphatic carbocycles. The van der Waals surface area contributed by atoms with Crippen LogP contribution >= 0.6 is 0 Å². The van der Waals surface area contributed by atoms with Crippen molar-refractivity contribution in [1.82, 2.24) is 9.97 Å². The van der Waals surface area contributed by atoms with Gasteiger partial charge in [-0.25, -0.2) is 9.97 Å². The van der Waals surface area contributed by atoms with Crippen molar-refractivity contribution in [2.24, 2.45) is 0 Å². The summed E-state index contributed by atoms with van der Waals surface area (Å²) in [5, 5.41) is 1.02. The third-order valence-corrected chi connectivity index (χ3v) is 2.79. The molecule has 2 aromatic rings. The SMILES string of the molecule is O=C1CCc2nc3ncccc3cc2C1. The molecule has 2 heterocycles. The van der Waals surface area contributed by atoms with Crippen LogP contribution in [0.3, 0.4) is 0 Å². The minimum atomic E-state index is 0.313. The zero-order valence-corrected chi connectivity index (χ0v) is 8.23. The predicted octanol–water partition coefficient (Wildman–Crippen LogP) is 1.69. The highest BCUT2D eigenvalue weighted by Crippen LogP contribution is 2.21. The van der Waals surface area contributed by atoms with E-state index in [1.54, 1.807) is 6.20 Å². The molecule has 0 unspecified atom stereocenters. The highest BCUT2D eigenvalue weighted by Gasteiger charge is 2.17. The Morgan fingerprint density at radius 3 is 3.13 bits per heavy atom. The second-order valence-electron chi connectivity index (χ2n) is 3.86. The first-order chi connectivity index (χ1) is 7.33. The third-order valence-electron chi connectivity index (χ3n) is 2.79. The fourth-order valence-electron chi connectivity index (χ4n) is 2.01. The number of fused-ring (bicyclic) bond motifs is 2. The first-order valence-electron chi connectivity index (χ1n) is 5.08. The van der Waals surface area contributed by atoms with Crippen LogP contribution in [0, 0.1) is 0 Å². The molecule has 74 valence electrons. The summed E-state index contributed by atoms with van der Waals surface area (Å²) in [5.41, 5.74) is 2.90. The van der Waals surface area contributed by atoms with Crippen LogP contribution in [-0.2, 0) is 17.6 Å². The second-order valence-corrected chi connectivity index (χ2v) is 3.86. The van der Waals surface area contributed by atoms with Gasteiger partial charge in [0.15, 0.2) is 5.65 Å². The van der Waals surface area contributed by atoms with Crippen LogP contribution in [0.4, 0.5) is 0 Å². The van der Waals surface area contributed by atoms with Crippen molar-refractivity contribution in [3.05, 3.63) is 35.7 Å². The first kappa shape index (κ1) is 8.53. The van der Waals surface area contributed by atoms with Gasteiger partial charge in [0.25, 0.3) is 0 Å². The maximum atomic E-state index is 11.3. The molecule has 0 bridgehead atoms. The van der Waals surface area contributed by atoms with Gasteiger partial charge < -0.3 is 0 Å². The minimum absolute atomic E-state index is 0.313. The molecular formula is C12H10N2O. The van der Waals surface area contributed by atoms with Crippen LogP contribution in [0.1, 0.15) is 17.7 Å². The molecule has 0 N–H and O–H groups in total. The third kappa shape index (κ3) is 1.40. The zero-order valence-electron chi connectivity index (χ0n) is 8.23. The number of carbonyl (C=O) groups is 1. The van der Waals surface area contributed by atoms with E-state index in [2.05, 4.69) is 9.97 Å². The van der Waals surface area contributed by atoms with Crippen LogP contribution in [-0.4, -0.2) is 15.8 Å². The Morgan fingerprint density at radius 2 is 2.20 bits per heavy atom. The molecule has 1 aliphatic rings. The first-order valence-corrected chi connectivity index (χ1v) is 5.08. The maximum Gasteiger partial charge on any atom is 0.159 e. The molecule has 0 saturated heterocycles. The van der Waals surface area contributed by atoms with Gasteiger partial charge in [0.2, 0.25) is 0 Å². The number of pyridine rings is 2. The summed E-state index contributed by atoms with van der Waals surface area (Å²) in [6.45, 7) is 0. The molecule has 0 radical (unpaired) electrons. The molecule has 3 nitrogen and oxygen atoms in total. The minimum Gasteiger partial charge on any atom is -0.299 e. The summed E-state index contributed by atoms with van der Waals surface area (Å²) in [5.74, 6) is 0.313. The molecule has 0 spiro atoms. The van der Waals surface area contributed by atoms with E-state index >= 15 is 0 Å². The van der Waals surface area contributed by atoms with E-state index in [-0.39, 0.29) is 0 Å². The van der Waals surface area contributed by atoms with Gasteiger partial charge in [-0.1, -0.05) is 0 Å². The molecule has 0 atom stereocenters. The lowest BCUT2D eigenvalue weighted by molar-refractivity contribution is -0.118. The molecule has 2 aromatic heterocycles. The lowest BCUT2D eigenvalue weighted by atomic mass is 9.94. The maximum absolute atomic E-state index is 11.3. The number of Topliss-reactive ketones (excluding diaryl/α,β-unsaturated/α-hetero) is 1. The van der Waals surface area contributed by atoms with E-state index in [0.29, 0.717) is 18.6 Å². The summed E-state index contributed by atoms with van der Waals surface area (Å²) in [7, 11) is 0. The van der Waals surface area contributed by atoms with Crippen molar-refractivity contribution < 1.29 is 4.79 Å². The van der Waals surface area contributed by atoms with Crippen LogP contribution in [0.5, 0.6) is 0 Å². The molecular weight excluding hydrogens is 188 g/mol. The smallest absolute Gasteiger partial charge is 0.159 e. The van der Waals surface area contributed by atoms with Crippen LogP contribution in [0.2, 0.25) is 0 Å². The number of hydrogen-bond acceptors (Lipinski definition) is 3. The Kier molecular flexibility index (Phi) is 1.78. The lowest BCUT2D eigenvalue weighted by Gasteiger charge is -2.13. The number of hydrogen-bond donors (Lipinski definition) is 0. The van der Waals surface area contributed by atoms with Crippen molar-refractivity contribution in [2.45, 2.75) is 19.3 Å². The molecule has 3 heteroatoms. The normalized spacial score (nSPS) is 15.3. The molecule has 0 aliphatic heterocycles. The van der Waals surface area contributed by atoms with Crippen molar-refractivity contribution >= 4 is 16.8 Å². The summed E-state index contributed by atoms with van der Waals surface area (Å²) in [6.07, 6.45) is 3.67. The van der Waals surface area contributed by atoms with E-state index in [1.807, 2.05) is 18.2 Å². The van der Waals surface area contributed by atoms with Gasteiger partial charge in [-0.15, -0.1) is 0 Å². The fourth-order valence-corrected chi connectivity index (χ4v) is 2.01. The van der Waals surface area contributed by atoms with E-state index in [1.165, 1.54) is 0 Å². The van der Waals surface area contributed by atoms with E-state index < -0.39 is 0 Å². The van der Waals surface area contributed by atoms with Crippen LogP contribution in [0.25, 0.3) is 11.0 Å². The second kappa shape index (κ2) is 3.12. The molecule has 15 heavy (non-hydrogen) atoms. The number of aryl methyl sites for hydroxylation is 1. The highest BCUT2D eigenvalue weighted by atomic mass is 16.1. The Morgan fingerprint density at radius 1 is 1.27 bits per heavy atom. The molecule has 0 amide bonds. The van der Waals surface area contributed by atoms with Crippen LogP contribution in [0.15, 0.2) is 24.4 Å². The summed E-state index contributed by atoms with van der Waals surface area (Å²) in [6, 6.07) is 5.91. The fraction of sp³-hybridized carbons (Fsp3) is 0.250. The number of ketones is 1. The number of aromatic nitrogens is 2. The van der Waals surface area contributed by atoms with Gasteiger partial charge in [-0.2, -0.15) is 0 Å². The van der Waals surface area contributed by atoms with Gasteiger partial charge in [-0.3, -0.25) is 4.79 Å². The Labute approximate surface area is 87.2 Å².